The third-order valence-corrected chi connectivity index (χ3v) is 3.29. The van der Waals surface area contributed by atoms with Gasteiger partial charge in [0.15, 0.2) is 0 Å². The van der Waals surface area contributed by atoms with Crippen LogP contribution >= 0.6 is 0 Å². The molecule has 3 N–H and O–H groups in total. The lowest BCUT2D eigenvalue weighted by atomic mass is 10.3. The molecule has 0 bridgehead atoms. The van der Waals surface area contributed by atoms with Crippen molar-refractivity contribution in [1.82, 2.24) is 9.71 Å². The highest BCUT2D eigenvalue weighted by Crippen LogP contribution is 2.07. The maximum Gasteiger partial charge on any atom is 0.267 e. The van der Waals surface area contributed by atoms with Crippen molar-refractivity contribution in [3.8, 4) is 0 Å². The van der Waals surface area contributed by atoms with Crippen LogP contribution in [-0.4, -0.2) is 25.9 Å². The number of pyridine rings is 1. The number of carbonyl (C=O) groups excluding carboxylic acids is 1. The summed E-state index contributed by atoms with van der Waals surface area (Å²) in [4.78, 5) is 14.4. The third-order valence-electron chi connectivity index (χ3n) is 1.84. The van der Waals surface area contributed by atoms with Crippen LogP contribution in [0.5, 0.6) is 0 Å². The molecular weight excluding hydrogens is 230 g/mol. The quantitative estimate of drug-likeness (QED) is 0.751. The van der Waals surface area contributed by atoms with E-state index >= 15 is 0 Å². The Hall–Kier alpha value is -1.47. The van der Waals surface area contributed by atoms with Gasteiger partial charge in [0.2, 0.25) is 10.0 Å². The number of aromatic nitrogens is 1. The second kappa shape index (κ2) is 5.04. The van der Waals surface area contributed by atoms with Crippen LogP contribution in [0.25, 0.3) is 0 Å². The Kier molecular flexibility index (Phi) is 3.97. The third kappa shape index (κ3) is 3.01. The maximum atomic E-state index is 11.6. The summed E-state index contributed by atoms with van der Waals surface area (Å²) >= 11 is 0. The van der Waals surface area contributed by atoms with E-state index in [4.69, 9.17) is 5.73 Å². The minimum absolute atomic E-state index is 0.0194. The predicted molar refractivity (Wildman–Crippen MR) is 58.2 cm³/mol. The van der Waals surface area contributed by atoms with Gasteiger partial charge in [-0.05, 0) is 18.6 Å². The van der Waals surface area contributed by atoms with Crippen molar-refractivity contribution in [3.05, 3.63) is 24.0 Å². The first-order valence-corrected chi connectivity index (χ1v) is 6.21. The van der Waals surface area contributed by atoms with Crippen molar-refractivity contribution >= 4 is 15.9 Å². The molecule has 0 radical (unpaired) electrons. The number of hydrogen-bond acceptors (Lipinski definition) is 4. The molecule has 1 rings (SSSR count). The smallest absolute Gasteiger partial charge is 0.267 e. The van der Waals surface area contributed by atoms with Crippen molar-refractivity contribution in [1.29, 1.82) is 0 Å². The van der Waals surface area contributed by atoms with Crippen LogP contribution in [0.3, 0.4) is 0 Å². The average molecular weight is 243 g/mol. The number of sulfonamides is 1. The topological polar surface area (TPSA) is 102 Å². The summed E-state index contributed by atoms with van der Waals surface area (Å²) in [6.45, 7) is 2.22. The summed E-state index contributed by atoms with van der Waals surface area (Å²) in [5, 5.41) is 0. The Morgan fingerprint density at radius 3 is 2.62 bits per heavy atom. The second-order valence-corrected chi connectivity index (χ2v) is 4.91. The fourth-order valence-corrected chi connectivity index (χ4v) is 2.08. The van der Waals surface area contributed by atoms with E-state index < -0.39 is 15.9 Å². The minimum atomic E-state index is -3.53. The number of nitrogens with zero attached hydrogens (tertiary/aromatic N) is 1. The summed E-state index contributed by atoms with van der Waals surface area (Å²) in [6, 6.07) is 2.58. The molecule has 1 heterocycles. The number of amides is 1. The summed E-state index contributed by atoms with van der Waals surface area (Å²) < 4.78 is 25.6. The van der Waals surface area contributed by atoms with E-state index in [9.17, 15) is 13.2 Å². The van der Waals surface area contributed by atoms with Gasteiger partial charge in [0, 0.05) is 12.7 Å². The standard InChI is InChI=1S/C9H13N3O3S/c1-2-5-12-16(14,15)7-3-4-8(9(10)13)11-6-7/h3-4,6,12H,2,5H2,1H3,(H2,10,13). The van der Waals surface area contributed by atoms with Crippen LogP contribution in [0.4, 0.5) is 0 Å². The Balaban J connectivity index is 2.93. The number of rotatable bonds is 5. The molecule has 0 atom stereocenters. The molecule has 0 aliphatic rings. The Morgan fingerprint density at radius 1 is 1.50 bits per heavy atom. The lowest BCUT2D eigenvalue weighted by Gasteiger charge is -2.04. The predicted octanol–water partition coefficient (Wildman–Crippen LogP) is -0.131. The van der Waals surface area contributed by atoms with Crippen LogP contribution in [0.15, 0.2) is 23.2 Å². The van der Waals surface area contributed by atoms with E-state index in [1.165, 1.54) is 12.1 Å². The number of primary amides is 1. The van der Waals surface area contributed by atoms with Gasteiger partial charge in [-0.3, -0.25) is 4.79 Å². The summed E-state index contributed by atoms with van der Waals surface area (Å²) in [7, 11) is -3.53. The van der Waals surface area contributed by atoms with E-state index in [1.54, 1.807) is 0 Å². The number of nitrogens with two attached hydrogens (primary N) is 1. The van der Waals surface area contributed by atoms with Gasteiger partial charge in [0.05, 0.1) is 0 Å². The average Bonchev–Trinajstić information content (AvgIpc) is 2.26. The molecule has 1 amide bonds. The van der Waals surface area contributed by atoms with Crippen LogP contribution in [-0.2, 0) is 10.0 Å². The molecule has 0 spiro atoms. The lowest BCUT2D eigenvalue weighted by molar-refractivity contribution is 0.0995. The SMILES string of the molecule is CCCNS(=O)(=O)c1ccc(C(N)=O)nc1. The molecule has 1 aromatic heterocycles. The normalized spacial score (nSPS) is 11.3. The number of carbonyl (C=O) groups is 1. The zero-order valence-corrected chi connectivity index (χ0v) is 9.62. The lowest BCUT2D eigenvalue weighted by Crippen LogP contribution is -2.24. The van der Waals surface area contributed by atoms with Gasteiger partial charge in [-0.2, -0.15) is 0 Å². The second-order valence-electron chi connectivity index (χ2n) is 3.14. The van der Waals surface area contributed by atoms with E-state index in [0.29, 0.717) is 13.0 Å². The first-order valence-electron chi connectivity index (χ1n) is 4.73. The first kappa shape index (κ1) is 12.6. The Labute approximate surface area is 93.9 Å². The molecule has 0 saturated carbocycles. The summed E-state index contributed by atoms with van der Waals surface area (Å²) in [6.07, 6.45) is 1.81. The van der Waals surface area contributed by atoms with Crippen molar-refractivity contribution in [2.45, 2.75) is 18.2 Å². The van der Waals surface area contributed by atoms with Gasteiger partial charge in [-0.25, -0.2) is 18.1 Å². The van der Waals surface area contributed by atoms with Gasteiger partial charge in [0.1, 0.15) is 10.6 Å². The number of nitrogens with one attached hydrogen (secondary N) is 1. The summed E-state index contributed by atoms with van der Waals surface area (Å²) in [5.74, 6) is -0.689. The fourth-order valence-electron chi connectivity index (χ4n) is 1.00. The van der Waals surface area contributed by atoms with Gasteiger partial charge in [-0.1, -0.05) is 6.92 Å². The highest BCUT2D eigenvalue weighted by atomic mass is 32.2. The van der Waals surface area contributed by atoms with E-state index in [2.05, 4.69) is 9.71 Å². The van der Waals surface area contributed by atoms with Crippen LogP contribution in [0.1, 0.15) is 23.8 Å². The highest BCUT2D eigenvalue weighted by Gasteiger charge is 2.13. The van der Waals surface area contributed by atoms with E-state index in [1.807, 2.05) is 6.92 Å². The molecule has 16 heavy (non-hydrogen) atoms. The van der Waals surface area contributed by atoms with E-state index in [0.717, 1.165) is 6.20 Å². The molecule has 0 saturated heterocycles. The molecule has 1 aromatic rings. The van der Waals surface area contributed by atoms with Crippen LogP contribution in [0, 0.1) is 0 Å². The molecule has 0 aromatic carbocycles. The van der Waals surface area contributed by atoms with E-state index in [-0.39, 0.29) is 10.6 Å². The van der Waals surface area contributed by atoms with Crippen molar-refractivity contribution < 1.29 is 13.2 Å². The van der Waals surface area contributed by atoms with Crippen molar-refractivity contribution in [2.75, 3.05) is 6.54 Å². The van der Waals surface area contributed by atoms with Crippen LogP contribution in [0.2, 0.25) is 0 Å². The molecular formula is C9H13N3O3S. The molecule has 7 heteroatoms. The minimum Gasteiger partial charge on any atom is -0.364 e. The first-order chi connectivity index (χ1) is 7.47. The fraction of sp³-hybridized carbons (Fsp3) is 0.333. The zero-order chi connectivity index (χ0) is 12.2. The molecule has 88 valence electrons. The van der Waals surface area contributed by atoms with Crippen molar-refractivity contribution in [3.63, 3.8) is 0 Å². The molecule has 0 aliphatic carbocycles. The largest absolute Gasteiger partial charge is 0.364 e. The highest BCUT2D eigenvalue weighted by molar-refractivity contribution is 7.89. The molecule has 0 unspecified atom stereocenters. The summed E-state index contributed by atoms with van der Waals surface area (Å²) in [5.41, 5.74) is 5.02. The van der Waals surface area contributed by atoms with Gasteiger partial charge >= 0.3 is 0 Å². The Morgan fingerprint density at radius 2 is 2.19 bits per heavy atom. The monoisotopic (exact) mass is 243 g/mol. The Bertz CT molecular complexity index is 467. The molecule has 0 fully saturated rings. The van der Waals surface area contributed by atoms with Crippen molar-refractivity contribution in [2.24, 2.45) is 5.73 Å². The van der Waals surface area contributed by atoms with Gasteiger partial charge in [-0.15, -0.1) is 0 Å². The van der Waals surface area contributed by atoms with Gasteiger partial charge in [0.25, 0.3) is 5.91 Å². The maximum absolute atomic E-state index is 11.6. The number of hydrogen-bond donors (Lipinski definition) is 2. The molecule has 6 nitrogen and oxygen atoms in total. The zero-order valence-electron chi connectivity index (χ0n) is 8.80. The van der Waals surface area contributed by atoms with Crippen LogP contribution < -0.4 is 10.5 Å². The van der Waals surface area contributed by atoms with Gasteiger partial charge < -0.3 is 5.73 Å². The molecule has 0 aliphatic heterocycles.